The number of phenols is 1. The summed E-state index contributed by atoms with van der Waals surface area (Å²) in [5.74, 6) is -0.736. The Morgan fingerprint density at radius 2 is 1.77 bits per heavy atom. The van der Waals surface area contributed by atoms with E-state index in [1.165, 1.54) is 19.2 Å². The summed E-state index contributed by atoms with van der Waals surface area (Å²) < 4.78 is 9.94. The molecule has 0 fully saturated rings. The SMILES string of the molecule is COc1cccc(C(=O)COC(=O)CCC(=O)Nc2ccc(O)cc2)c1. The molecule has 0 spiro atoms. The fourth-order valence-corrected chi connectivity index (χ4v) is 2.08. The van der Waals surface area contributed by atoms with Crippen molar-refractivity contribution in [2.75, 3.05) is 19.0 Å². The van der Waals surface area contributed by atoms with Crippen molar-refractivity contribution in [3.63, 3.8) is 0 Å². The molecule has 2 aromatic rings. The summed E-state index contributed by atoms with van der Waals surface area (Å²) in [6.07, 6.45) is -0.220. The number of nitrogens with one attached hydrogen (secondary N) is 1. The van der Waals surface area contributed by atoms with Crippen LogP contribution in [0, 0.1) is 0 Å². The Morgan fingerprint density at radius 1 is 1.04 bits per heavy atom. The van der Waals surface area contributed by atoms with Gasteiger partial charge >= 0.3 is 5.97 Å². The first-order valence-electron chi connectivity index (χ1n) is 7.89. The maximum Gasteiger partial charge on any atom is 0.306 e. The number of aromatic hydroxyl groups is 1. The predicted octanol–water partition coefficient (Wildman–Crippen LogP) is 2.55. The molecule has 0 aliphatic heterocycles. The normalized spacial score (nSPS) is 10.0. The highest BCUT2D eigenvalue weighted by Crippen LogP contribution is 2.15. The van der Waals surface area contributed by atoms with Gasteiger partial charge in [-0.2, -0.15) is 0 Å². The summed E-state index contributed by atoms with van der Waals surface area (Å²) in [4.78, 5) is 35.5. The first-order chi connectivity index (χ1) is 12.5. The van der Waals surface area contributed by atoms with E-state index < -0.39 is 12.6 Å². The molecule has 0 aromatic heterocycles. The molecule has 0 aliphatic carbocycles. The maximum absolute atomic E-state index is 12.0. The minimum Gasteiger partial charge on any atom is -0.508 e. The molecule has 0 aliphatic rings. The van der Waals surface area contributed by atoms with Crippen LogP contribution in [0.3, 0.4) is 0 Å². The topological polar surface area (TPSA) is 102 Å². The van der Waals surface area contributed by atoms with Gasteiger partial charge in [-0.3, -0.25) is 14.4 Å². The largest absolute Gasteiger partial charge is 0.508 e. The molecule has 0 unspecified atom stereocenters. The average Bonchev–Trinajstić information content (AvgIpc) is 2.66. The van der Waals surface area contributed by atoms with Crippen LogP contribution in [0.2, 0.25) is 0 Å². The van der Waals surface area contributed by atoms with Crippen molar-refractivity contribution in [1.29, 1.82) is 0 Å². The number of ketones is 1. The van der Waals surface area contributed by atoms with Crippen LogP contribution in [0.25, 0.3) is 0 Å². The van der Waals surface area contributed by atoms with Gasteiger partial charge in [-0.25, -0.2) is 0 Å². The Bertz CT molecular complexity index is 785. The van der Waals surface area contributed by atoms with Crippen LogP contribution >= 0.6 is 0 Å². The summed E-state index contributed by atoms with van der Waals surface area (Å²) in [7, 11) is 1.49. The van der Waals surface area contributed by atoms with Crippen LogP contribution in [0.5, 0.6) is 11.5 Å². The Hall–Kier alpha value is -3.35. The van der Waals surface area contributed by atoms with E-state index >= 15 is 0 Å². The molecule has 7 nitrogen and oxygen atoms in total. The lowest BCUT2D eigenvalue weighted by Crippen LogP contribution is -2.17. The van der Waals surface area contributed by atoms with E-state index in [1.54, 1.807) is 36.4 Å². The van der Waals surface area contributed by atoms with Crippen molar-refractivity contribution < 1.29 is 29.0 Å². The molecular formula is C19H19NO6. The zero-order valence-corrected chi connectivity index (χ0v) is 14.2. The second-order valence-electron chi connectivity index (χ2n) is 5.41. The number of Topliss-reactive ketones (excluding diaryl/α,β-unsaturated/α-hetero) is 1. The smallest absolute Gasteiger partial charge is 0.306 e. The third-order valence-corrected chi connectivity index (χ3v) is 3.46. The molecule has 1 amide bonds. The second kappa shape index (κ2) is 9.22. The van der Waals surface area contributed by atoms with Crippen molar-refractivity contribution in [2.45, 2.75) is 12.8 Å². The molecule has 2 aromatic carbocycles. The lowest BCUT2D eigenvalue weighted by Gasteiger charge is -2.07. The summed E-state index contributed by atoms with van der Waals surface area (Å²) in [5.41, 5.74) is 0.886. The second-order valence-corrected chi connectivity index (χ2v) is 5.41. The van der Waals surface area contributed by atoms with Gasteiger partial charge in [0.2, 0.25) is 5.91 Å². The fourth-order valence-electron chi connectivity index (χ4n) is 2.08. The number of rotatable bonds is 8. The highest BCUT2D eigenvalue weighted by atomic mass is 16.5. The molecule has 7 heteroatoms. The molecule has 136 valence electrons. The Kier molecular flexibility index (Phi) is 6.73. The fraction of sp³-hybridized carbons (Fsp3) is 0.211. The van der Waals surface area contributed by atoms with E-state index in [4.69, 9.17) is 9.47 Å². The monoisotopic (exact) mass is 357 g/mol. The zero-order valence-electron chi connectivity index (χ0n) is 14.2. The van der Waals surface area contributed by atoms with Crippen LogP contribution in [0.4, 0.5) is 5.69 Å². The first kappa shape index (κ1) is 19.0. The van der Waals surface area contributed by atoms with Gasteiger partial charge < -0.3 is 19.9 Å². The van der Waals surface area contributed by atoms with Gasteiger partial charge in [0, 0.05) is 17.7 Å². The van der Waals surface area contributed by atoms with Gasteiger partial charge in [0.1, 0.15) is 11.5 Å². The van der Waals surface area contributed by atoms with E-state index in [9.17, 15) is 19.5 Å². The molecule has 0 saturated heterocycles. The zero-order chi connectivity index (χ0) is 18.9. The highest BCUT2D eigenvalue weighted by molar-refractivity contribution is 5.98. The minimum absolute atomic E-state index is 0.0763. The van der Waals surface area contributed by atoms with Crippen LogP contribution in [0.15, 0.2) is 48.5 Å². The Labute approximate surface area is 150 Å². The molecule has 0 bridgehead atoms. The molecule has 2 N–H and O–H groups in total. The number of ether oxygens (including phenoxy) is 2. The van der Waals surface area contributed by atoms with Gasteiger partial charge in [0.15, 0.2) is 12.4 Å². The van der Waals surface area contributed by atoms with Gasteiger partial charge in [-0.15, -0.1) is 0 Å². The quantitative estimate of drug-likeness (QED) is 0.428. The molecule has 26 heavy (non-hydrogen) atoms. The number of hydrogen-bond donors (Lipinski definition) is 2. The summed E-state index contributed by atoms with van der Waals surface area (Å²) in [6, 6.07) is 12.5. The van der Waals surface area contributed by atoms with Crippen molar-refractivity contribution in [1.82, 2.24) is 0 Å². The molecule has 2 rings (SSSR count). The number of amides is 1. The predicted molar refractivity (Wildman–Crippen MR) is 94.3 cm³/mol. The summed E-state index contributed by atoms with van der Waals surface area (Å²) in [6.45, 7) is -0.397. The molecule has 0 radical (unpaired) electrons. The van der Waals surface area contributed by atoms with Crippen LogP contribution < -0.4 is 10.1 Å². The van der Waals surface area contributed by atoms with Crippen molar-refractivity contribution in [3.05, 3.63) is 54.1 Å². The number of carbonyl (C=O) groups excluding carboxylic acids is 3. The third kappa shape index (κ3) is 5.94. The summed E-state index contributed by atoms with van der Waals surface area (Å²) in [5, 5.41) is 11.8. The Morgan fingerprint density at radius 3 is 2.46 bits per heavy atom. The number of methoxy groups -OCH3 is 1. The molecule has 0 saturated carbocycles. The number of anilines is 1. The number of esters is 1. The number of benzene rings is 2. The average molecular weight is 357 g/mol. The molecule has 0 heterocycles. The highest BCUT2D eigenvalue weighted by Gasteiger charge is 2.12. The number of phenolic OH excluding ortho intramolecular Hbond substituents is 1. The molecule has 0 atom stereocenters. The van der Waals surface area contributed by atoms with Crippen molar-refractivity contribution in [2.24, 2.45) is 0 Å². The van der Waals surface area contributed by atoms with Crippen LogP contribution in [0.1, 0.15) is 23.2 Å². The van der Waals surface area contributed by atoms with E-state index in [0.717, 1.165) is 0 Å². The standard InChI is InChI=1S/C19H19NO6/c1-25-16-4-2-3-13(11-16)17(22)12-26-19(24)10-9-18(23)20-14-5-7-15(21)8-6-14/h2-8,11,21H,9-10,12H2,1H3,(H,20,23). The lowest BCUT2D eigenvalue weighted by molar-refractivity contribution is -0.143. The van der Waals surface area contributed by atoms with Crippen molar-refractivity contribution in [3.8, 4) is 11.5 Å². The van der Waals surface area contributed by atoms with Gasteiger partial charge in [0.25, 0.3) is 0 Å². The lowest BCUT2D eigenvalue weighted by atomic mass is 10.1. The number of carbonyl (C=O) groups is 3. The van der Waals surface area contributed by atoms with Crippen molar-refractivity contribution >= 4 is 23.3 Å². The third-order valence-electron chi connectivity index (χ3n) is 3.46. The first-order valence-corrected chi connectivity index (χ1v) is 7.89. The van der Waals surface area contributed by atoms with E-state index in [0.29, 0.717) is 17.0 Å². The van der Waals surface area contributed by atoms with Crippen LogP contribution in [-0.4, -0.2) is 36.5 Å². The number of hydrogen-bond acceptors (Lipinski definition) is 6. The Balaban J connectivity index is 1.73. The molecular weight excluding hydrogens is 338 g/mol. The van der Waals surface area contributed by atoms with E-state index in [2.05, 4.69) is 5.32 Å². The van der Waals surface area contributed by atoms with Gasteiger partial charge in [-0.1, -0.05) is 12.1 Å². The minimum atomic E-state index is -0.637. The van der Waals surface area contributed by atoms with Gasteiger partial charge in [-0.05, 0) is 36.4 Å². The van der Waals surface area contributed by atoms with E-state index in [-0.39, 0.29) is 30.3 Å². The van der Waals surface area contributed by atoms with Gasteiger partial charge in [0.05, 0.1) is 13.5 Å². The summed E-state index contributed by atoms with van der Waals surface area (Å²) >= 11 is 0. The van der Waals surface area contributed by atoms with Crippen LogP contribution in [-0.2, 0) is 14.3 Å². The van der Waals surface area contributed by atoms with E-state index in [1.807, 2.05) is 0 Å². The maximum atomic E-state index is 12.0.